The van der Waals surface area contributed by atoms with Gasteiger partial charge in [-0.1, -0.05) is 6.07 Å². The van der Waals surface area contributed by atoms with Crippen molar-refractivity contribution >= 4 is 11.5 Å². The van der Waals surface area contributed by atoms with Crippen LogP contribution in [0.15, 0.2) is 54.7 Å². The molecule has 4 aromatic rings. The van der Waals surface area contributed by atoms with E-state index in [0.29, 0.717) is 6.54 Å². The second kappa shape index (κ2) is 6.30. The van der Waals surface area contributed by atoms with Crippen LogP contribution in [0, 0.1) is 0 Å². The molecule has 0 saturated heterocycles. The molecule has 2 aliphatic rings. The van der Waals surface area contributed by atoms with Crippen molar-refractivity contribution in [3.05, 3.63) is 60.3 Å². The van der Waals surface area contributed by atoms with Gasteiger partial charge in [0.2, 0.25) is 13.6 Å². The summed E-state index contributed by atoms with van der Waals surface area (Å²) in [5.74, 6) is 3.78. The first kappa shape index (κ1) is 16.1. The number of fused-ring (bicyclic) bond motifs is 3. The van der Waals surface area contributed by atoms with Gasteiger partial charge in [-0.15, -0.1) is 5.10 Å². The van der Waals surface area contributed by atoms with Crippen molar-refractivity contribution in [3.63, 3.8) is 0 Å². The summed E-state index contributed by atoms with van der Waals surface area (Å²) >= 11 is 0. The molecule has 1 N–H and O–H groups in total. The van der Waals surface area contributed by atoms with Crippen LogP contribution in [0.2, 0.25) is 0 Å². The summed E-state index contributed by atoms with van der Waals surface area (Å²) in [6.45, 7) is 1.13. The largest absolute Gasteiger partial charge is 0.454 e. The Hall–Kier alpha value is -3.94. The molecular weight excluding hydrogens is 372 g/mol. The van der Waals surface area contributed by atoms with E-state index in [-0.39, 0.29) is 13.6 Å². The van der Waals surface area contributed by atoms with E-state index in [9.17, 15) is 0 Å². The van der Waals surface area contributed by atoms with Gasteiger partial charge in [-0.2, -0.15) is 0 Å². The lowest BCUT2D eigenvalue weighted by Gasteiger charge is -2.08. The average Bonchev–Trinajstić information content (AvgIpc) is 3.49. The molecule has 0 unspecified atom stereocenters. The maximum absolute atomic E-state index is 5.49. The summed E-state index contributed by atoms with van der Waals surface area (Å²) < 4.78 is 23.5. The zero-order chi connectivity index (χ0) is 19.2. The third-order valence-corrected chi connectivity index (χ3v) is 4.94. The summed E-state index contributed by atoms with van der Waals surface area (Å²) in [5, 5.41) is 8.06. The zero-order valence-electron chi connectivity index (χ0n) is 15.3. The minimum absolute atomic E-state index is 0.248. The Morgan fingerprint density at radius 3 is 2.45 bits per heavy atom. The summed E-state index contributed by atoms with van der Waals surface area (Å²) in [4.78, 5) is 4.46. The molecule has 8 heteroatoms. The van der Waals surface area contributed by atoms with Crippen LogP contribution in [0.4, 0.5) is 5.82 Å². The molecule has 8 nitrogen and oxygen atoms in total. The number of ether oxygens (including phenoxy) is 4. The highest BCUT2D eigenvalue weighted by Crippen LogP contribution is 2.36. The molecule has 0 fully saturated rings. The van der Waals surface area contributed by atoms with Crippen molar-refractivity contribution in [1.82, 2.24) is 14.6 Å². The molecule has 0 saturated carbocycles. The quantitative estimate of drug-likeness (QED) is 0.573. The van der Waals surface area contributed by atoms with E-state index in [1.165, 1.54) is 0 Å². The SMILES string of the molecule is c1cc2c(cc1CNc1ccc3ncc(-c4ccc5c(c4)OCO5)n3n1)OCO2. The van der Waals surface area contributed by atoms with Gasteiger partial charge in [0.25, 0.3) is 0 Å². The molecule has 0 spiro atoms. The van der Waals surface area contributed by atoms with E-state index < -0.39 is 0 Å². The van der Waals surface area contributed by atoms with Crippen molar-refractivity contribution in [2.75, 3.05) is 18.9 Å². The van der Waals surface area contributed by atoms with Gasteiger partial charge in [0, 0.05) is 12.1 Å². The predicted octanol–water partition coefficient (Wildman–Crippen LogP) is 3.47. The fraction of sp³-hybridized carbons (Fsp3) is 0.143. The summed E-state index contributed by atoms with van der Waals surface area (Å²) in [5.41, 5.74) is 3.69. The highest BCUT2D eigenvalue weighted by Gasteiger charge is 2.16. The second-order valence-electron chi connectivity index (χ2n) is 6.74. The normalized spacial score (nSPS) is 13.8. The molecule has 4 heterocycles. The number of nitrogens with one attached hydrogen (secondary N) is 1. The van der Waals surface area contributed by atoms with E-state index in [1.807, 2.05) is 59.2 Å². The fourth-order valence-electron chi connectivity index (χ4n) is 3.46. The lowest BCUT2D eigenvalue weighted by atomic mass is 10.1. The van der Waals surface area contributed by atoms with Crippen molar-refractivity contribution in [2.45, 2.75) is 6.54 Å². The van der Waals surface area contributed by atoms with Gasteiger partial charge in [-0.25, -0.2) is 9.50 Å². The van der Waals surface area contributed by atoms with Gasteiger partial charge in [-0.05, 0) is 48.0 Å². The van der Waals surface area contributed by atoms with Gasteiger partial charge in [0.1, 0.15) is 5.82 Å². The number of hydrogen-bond donors (Lipinski definition) is 1. The molecule has 0 atom stereocenters. The van der Waals surface area contributed by atoms with Crippen molar-refractivity contribution < 1.29 is 18.9 Å². The number of aromatic nitrogens is 3. The molecule has 0 radical (unpaired) electrons. The van der Waals surface area contributed by atoms with Crippen LogP contribution in [-0.4, -0.2) is 28.2 Å². The minimum Gasteiger partial charge on any atom is -0.454 e. The Morgan fingerprint density at radius 1 is 0.828 bits per heavy atom. The Bertz CT molecular complexity index is 1240. The lowest BCUT2D eigenvalue weighted by Crippen LogP contribution is -2.04. The minimum atomic E-state index is 0.248. The van der Waals surface area contributed by atoms with Crippen molar-refractivity contribution in [3.8, 4) is 34.3 Å². The zero-order valence-corrected chi connectivity index (χ0v) is 15.3. The molecule has 29 heavy (non-hydrogen) atoms. The number of imidazole rings is 1. The van der Waals surface area contributed by atoms with Crippen LogP contribution in [0.5, 0.6) is 23.0 Å². The maximum Gasteiger partial charge on any atom is 0.231 e. The third-order valence-electron chi connectivity index (χ3n) is 4.94. The van der Waals surface area contributed by atoms with E-state index >= 15 is 0 Å². The lowest BCUT2D eigenvalue weighted by molar-refractivity contribution is 0.173. The summed E-state index contributed by atoms with van der Waals surface area (Å²) in [6.07, 6.45) is 1.81. The van der Waals surface area contributed by atoms with E-state index in [0.717, 1.165) is 51.3 Å². The van der Waals surface area contributed by atoms with Crippen LogP contribution in [0.25, 0.3) is 16.9 Å². The number of hydrogen-bond acceptors (Lipinski definition) is 7. The van der Waals surface area contributed by atoms with Crippen LogP contribution in [-0.2, 0) is 6.54 Å². The molecule has 0 amide bonds. The summed E-state index contributed by atoms with van der Waals surface area (Å²) in [6, 6.07) is 15.6. The average molecular weight is 388 g/mol. The first-order valence-corrected chi connectivity index (χ1v) is 9.21. The Morgan fingerprint density at radius 2 is 1.59 bits per heavy atom. The van der Waals surface area contributed by atoms with E-state index in [2.05, 4.69) is 10.3 Å². The molecule has 6 rings (SSSR count). The standard InChI is InChI=1S/C21H16N4O4/c1-3-16-18(28-11-26-16)7-13(1)9-22-20-5-6-21-23-10-15(25(21)24-20)14-2-4-17-19(8-14)29-12-27-17/h1-8,10H,9,11-12H2,(H,22,24). The highest BCUT2D eigenvalue weighted by molar-refractivity contribution is 5.67. The topological polar surface area (TPSA) is 79.1 Å². The van der Waals surface area contributed by atoms with Crippen molar-refractivity contribution in [1.29, 1.82) is 0 Å². The Kier molecular flexibility index (Phi) is 3.49. The van der Waals surface area contributed by atoms with Crippen LogP contribution in [0.3, 0.4) is 0 Å². The number of rotatable bonds is 4. The van der Waals surface area contributed by atoms with Gasteiger partial charge < -0.3 is 24.3 Å². The molecule has 2 aromatic carbocycles. The predicted molar refractivity (Wildman–Crippen MR) is 104 cm³/mol. The van der Waals surface area contributed by atoms with Gasteiger partial charge >= 0.3 is 0 Å². The molecule has 144 valence electrons. The highest BCUT2D eigenvalue weighted by atomic mass is 16.7. The third kappa shape index (κ3) is 2.77. The Labute approximate surface area is 165 Å². The first-order valence-electron chi connectivity index (χ1n) is 9.21. The van der Waals surface area contributed by atoms with Crippen LogP contribution < -0.4 is 24.3 Å². The molecular formula is C21H16N4O4. The van der Waals surface area contributed by atoms with Crippen LogP contribution >= 0.6 is 0 Å². The summed E-state index contributed by atoms with van der Waals surface area (Å²) in [7, 11) is 0. The molecule has 0 bridgehead atoms. The van der Waals surface area contributed by atoms with Gasteiger partial charge in [0.05, 0.1) is 11.9 Å². The monoisotopic (exact) mass is 388 g/mol. The molecule has 2 aliphatic heterocycles. The first-order chi connectivity index (χ1) is 14.3. The van der Waals surface area contributed by atoms with E-state index in [4.69, 9.17) is 24.0 Å². The van der Waals surface area contributed by atoms with Crippen molar-refractivity contribution in [2.24, 2.45) is 0 Å². The number of nitrogens with zero attached hydrogens (tertiary/aromatic N) is 3. The van der Waals surface area contributed by atoms with Gasteiger partial charge in [0.15, 0.2) is 28.6 Å². The van der Waals surface area contributed by atoms with E-state index in [1.54, 1.807) is 0 Å². The molecule has 0 aliphatic carbocycles. The number of anilines is 1. The van der Waals surface area contributed by atoms with Crippen LogP contribution in [0.1, 0.15) is 5.56 Å². The fourth-order valence-corrected chi connectivity index (χ4v) is 3.46. The Balaban J connectivity index is 1.28. The maximum atomic E-state index is 5.49. The molecule has 2 aromatic heterocycles. The number of benzene rings is 2. The second-order valence-corrected chi connectivity index (χ2v) is 6.74. The smallest absolute Gasteiger partial charge is 0.231 e. The van der Waals surface area contributed by atoms with Gasteiger partial charge in [-0.3, -0.25) is 0 Å².